The van der Waals surface area contributed by atoms with Crippen LogP contribution in [-0.2, 0) is 11.2 Å². The molecule has 1 N–H and O–H groups in total. The van der Waals surface area contributed by atoms with Crippen LogP contribution in [0.25, 0.3) is 0 Å². The number of hydrogen-bond acceptors (Lipinski definition) is 6. The van der Waals surface area contributed by atoms with Crippen molar-refractivity contribution in [2.45, 2.75) is 31.6 Å². The van der Waals surface area contributed by atoms with Crippen molar-refractivity contribution in [3.8, 4) is 0 Å². The van der Waals surface area contributed by atoms with Gasteiger partial charge in [0.2, 0.25) is 0 Å². The number of rotatable bonds is 5. The average molecular weight is 506 g/mol. The minimum absolute atomic E-state index is 0.0605. The number of piperidine rings is 1. The smallest absolute Gasteiger partial charge is 0.320 e. The summed E-state index contributed by atoms with van der Waals surface area (Å²) in [6, 6.07) is 12.3. The number of aryl methyl sites for hydroxylation is 1. The monoisotopic (exact) mass is 505 g/mol. The van der Waals surface area contributed by atoms with Gasteiger partial charge in [-0.15, -0.1) is 11.3 Å². The van der Waals surface area contributed by atoms with Gasteiger partial charge >= 0.3 is 6.03 Å². The van der Waals surface area contributed by atoms with E-state index in [4.69, 9.17) is 9.72 Å². The lowest BCUT2D eigenvalue weighted by molar-refractivity contribution is 0.0398. The summed E-state index contributed by atoms with van der Waals surface area (Å²) in [5, 5.41) is 5.57. The standard InChI is InChI=1S/C27H31N5O3S/c1-2-19-3-5-20(6-4-19)21-15-22(17-32(16-21)27(34)31-11-13-35-14-12-31)26-30-24(18-36-26)25(33)29-23-7-9-28-10-8-23/h3-10,18,21-22H,2,11-17H2,1H3,(H,28,29,33). The van der Waals surface area contributed by atoms with Gasteiger partial charge in [0.1, 0.15) is 5.69 Å². The van der Waals surface area contributed by atoms with E-state index in [2.05, 4.69) is 41.5 Å². The summed E-state index contributed by atoms with van der Waals surface area (Å²) in [5.41, 5.74) is 3.62. The van der Waals surface area contributed by atoms with Crippen LogP contribution in [0.15, 0.2) is 54.2 Å². The molecule has 0 aliphatic carbocycles. The molecule has 2 saturated heterocycles. The normalized spacial score (nSPS) is 20.2. The van der Waals surface area contributed by atoms with E-state index in [9.17, 15) is 9.59 Å². The average Bonchev–Trinajstić information content (AvgIpc) is 3.44. The Labute approximate surface area is 215 Å². The Kier molecular flexibility index (Phi) is 7.58. The summed E-state index contributed by atoms with van der Waals surface area (Å²) in [5.74, 6) is 0.0252. The Hall–Kier alpha value is -3.30. The van der Waals surface area contributed by atoms with Gasteiger partial charge in [0, 0.05) is 61.5 Å². The molecule has 36 heavy (non-hydrogen) atoms. The maximum Gasteiger partial charge on any atom is 0.320 e. The molecular formula is C27H31N5O3S. The van der Waals surface area contributed by atoms with Gasteiger partial charge in [0.05, 0.1) is 18.2 Å². The highest BCUT2D eigenvalue weighted by Gasteiger charge is 2.35. The molecule has 9 heteroatoms. The summed E-state index contributed by atoms with van der Waals surface area (Å²) >= 11 is 1.49. The summed E-state index contributed by atoms with van der Waals surface area (Å²) < 4.78 is 5.45. The number of nitrogens with zero attached hydrogens (tertiary/aromatic N) is 4. The Bertz CT molecular complexity index is 1180. The highest BCUT2D eigenvalue weighted by molar-refractivity contribution is 7.10. The predicted octanol–water partition coefficient (Wildman–Crippen LogP) is 4.38. The van der Waals surface area contributed by atoms with E-state index in [1.165, 1.54) is 22.5 Å². The molecule has 2 aliphatic rings. The zero-order chi connectivity index (χ0) is 24.9. The van der Waals surface area contributed by atoms with Gasteiger partial charge in [-0.05, 0) is 36.1 Å². The lowest BCUT2D eigenvalue weighted by Gasteiger charge is -2.40. The van der Waals surface area contributed by atoms with E-state index >= 15 is 0 Å². The molecule has 2 atom stereocenters. The van der Waals surface area contributed by atoms with Crippen LogP contribution in [0.4, 0.5) is 10.5 Å². The molecule has 0 spiro atoms. The molecule has 2 fully saturated rings. The zero-order valence-corrected chi connectivity index (χ0v) is 21.2. The summed E-state index contributed by atoms with van der Waals surface area (Å²) in [7, 11) is 0. The summed E-state index contributed by atoms with van der Waals surface area (Å²) in [6.45, 7) is 5.82. The Morgan fingerprint density at radius 3 is 2.47 bits per heavy atom. The minimum atomic E-state index is -0.243. The third kappa shape index (κ3) is 5.57. The molecule has 1 aromatic carbocycles. The van der Waals surface area contributed by atoms with E-state index in [-0.39, 0.29) is 23.8 Å². The second-order valence-electron chi connectivity index (χ2n) is 9.27. The first-order valence-corrected chi connectivity index (χ1v) is 13.4. The number of carbonyl (C=O) groups excluding carboxylic acids is 2. The predicted molar refractivity (Wildman–Crippen MR) is 140 cm³/mol. The lowest BCUT2D eigenvalue weighted by atomic mass is 9.84. The number of urea groups is 1. The van der Waals surface area contributed by atoms with Gasteiger partial charge in [0.25, 0.3) is 5.91 Å². The number of morpholine rings is 1. The molecule has 0 saturated carbocycles. The molecule has 2 aromatic heterocycles. The van der Waals surface area contributed by atoms with Gasteiger partial charge in [-0.1, -0.05) is 31.2 Å². The van der Waals surface area contributed by atoms with Crippen LogP contribution < -0.4 is 5.32 Å². The number of thiazole rings is 1. The Morgan fingerprint density at radius 2 is 1.75 bits per heavy atom. The fraction of sp³-hybridized carbons (Fsp3) is 0.407. The van der Waals surface area contributed by atoms with E-state index in [0.717, 1.165) is 17.8 Å². The molecule has 2 unspecified atom stereocenters. The van der Waals surface area contributed by atoms with E-state index < -0.39 is 0 Å². The maximum atomic E-state index is 13.4. The quantitative estimate of drug-likeness (QED) is 0.556. The van der Waals surface area contributed by atoms with Crippen molar-refractivity contribution in [2.24, 2.45) is 0 Å². The number of ether oxygens (including phenoxy) is 1. The number of nitrogens with one attached hydrogen (secondary N) is 1. The van der Waals surface area contributed by atoms with Crippen LogP contribution in [0.3, 0.4) is 0 Å². The third-order valence-electron chi connectivity index (χ3n) is 6.90. The van der Waals surface area contributed by atoms with Gasteiger partial charge in [-0.2, -0.15) is 0 Å². The number of hydrogen-bond donors (Lipinski definition) is 1. The van der Waals surface area contributed by atoms with Crippen LogP contribution >= 0.6 is 11.3 Å². The van der Waals surface area contributed by atoms with Gasteiger partial charge in [-0.3, -0.25) is 9.78 Å². The number of likely N-dealkylation sites (tertiary alicyclic amines) is 1. The molecule has 3 aromatic rings. The van der Waals surface area contributed by atoms with Crippen molar-refractivity contribution in [3.63, 3.8) is 0 Å². The van der Waals surface area contributed by atoms with Gasteiger partial charge in [-0.25, -0.2) is 9.78 Å². The van der Waals surface area contributed by atoms with Crippen molar-refractivity contribution in [2.75, 3.05) is 44.7 Å². The number of amides is 3. The van der Waals surface area contributed by atoms with Crippen molar-refractivity contribution < 1.29 is 14.3 Å². The first-order chi connectivity index (χ1) is 17.6. The van der Waals surface area contributed by atoms with E-state index in [1.54, 1.807) is 29.9 Å². The summed E-state index contributed by atoms with van der Waals surface area (Å²) in [4.78, 5) is 38.7. The minimum Gasteiger partial charge on any atom is -0.378 e. The number of carbonyl (C=O) groups is 2. The molecule has 4 heterocycles. The lowest BCUT2D eigenvalue weighted by Crippen LogP contribution is -2.52. The molecule has 3 amide bonds. The van der Waals surface area contributed by atoms with Crippen LogP contribution in [-0.4, -0.2) is 71.1 Å². The third-order valence-corrected chi connectivity index (χ3v) is 7.91. The molecule has 0 bridgehead atoms. The first kappa shape index (κ1) is 24.4. The molecular weight excluding hydrogens is 474 g/mol. The number of benzene rings is 1. The fourth-order valence-corrected chi connectivity index (χ4v) is 5.77. The van der Waals surface area contributed by atoms with Gasteiger partial charge in [0.15, 0.2) is 0 Å². The van der Waals surface area contributed by atoms with E-state index in [0.29, 0.717) is 50.8 Å². The van der Waals surface area contributed by atoms with Crippen molar-refractivity contribution in [1.82, 2.24) is 19.8 Å². The van der Waals surface area contributed by atoms with Crippen LogP contribution in [0.5, 0.6) is 0 Å². The van der Waals surface area contributed by atoms with Crippen LogP contribution in [0, 0.1) is 0 Å². The molecule has 2 aliphatic heterocycles. The second-order valence-corrected chi connectivity index (χ2v) is 10.2. The Balaban J connectivity index is 1.36. The number of anilines is 1. The molecule has 188 valence electrons. The largest absolute Gasteiger partial charge is 0.378 e. The summed E-state index contributed by atoms with van der Waals surface area (Å²) in [6.07, 6.45) is 5.16. The van der Waals surface area contributed by atoms with Crippen LogP contribution in [0.2, 0.25) is 0 Å². The van der Waals surface area contributed by atoms with Crippen LogP contribution in [0.1, 0.15) is 51.8 Å². The first-order valence-electron chi connectivity index (χ1n) is 12.5. The van der Waals surface area contributed by atoms with Gasteiger partial charge < -0.3 is 19.9 Å². The zero-order valence-electron chi connectivity index (χ0n) is 20.4. The van der Waals surface area contributed by atoms with Crippen molar-refractivity contribution in [3.05, 3.63) is 76.0 Å². The maximum absolute atomic E-state index is 13.4. The SMILES string of the molecule is CCc1ccc(C2CC(c3nc(C(=O)Nc4ccncc4)cs3)CN(C(=O)N3CCOCC3)C2)cc1. The number of aromatic nitrogens is 2. The van der Waals surface area contributed by atoms with Crippen molar-refractivity contribution >= 4 is 29.0 Å². The fourth-order valence-electron chi connectivity index (χ4n) is 4.87. The second kappa shape index (κ2) is 11.2. The molecule has 5 rings (SSSR count). The highest BCUT2D eigenvalue weighted by Crippen LogP contribution is 2.37. The Morgan fingerprint density at radius 1 is 1.03 bits per heavy atom. The number of pyridine rings is 1. The molecule has 0 radical (unpaired) electrons. The highest BCUT2D eigenvalue weighted by atomic mass is 32.1. The van der Waals surface area contributed by atoms with E-state index in [1.807, 2.05) is 9.80 Å². The topological polar surface area (TPSA) is 87.7 Å². The molecule has 8 nitrogen and oxygen atoms in total. The van der Waals surface area contributed by atoms with Crippen molar-refractivity contribution in [1.29, 1.82) is 0 Å².